The van der Waals surface area contributed by atoms with E-state index in [2.05, 4.69) is 19.2 Å². The van der Waals surface area contributed by atoms with Gasteiger partial charge in [-0.25, -0.2) is 0 Å². The van der Waals surface area contributed by atoms with Crippen molar-refractivity contribution in [2.24, 2.45) is 17.1 Å². The van der Waals surface area contributed by atoms with Crippen LogP contribution in [0.1, 0.15) is 39.3 Å². The Labute approximate surface area is 120 Å². The molecule has 1 unspecified atom stereocenters. The smallest absolute Gasteiger partial charge is 0.227 e. The minimum atomic E-state index is -0.556. The maximum absolute atomic E-state index is 12.2. The van der Waals surface area contributed by atoms with Gasteiger partial charge in [0.2, 0.25) is 5.91 Å². The molecule has 0 heterocycles. The molecule has 0 aliphatic heterocycles. The quantitative estimate of drug-likeness (QED) is 0.872. The highest BCUT2D eigenvalue weighted by Crippen LogP contribution is 2.25. The van der Waals surface area contributed by atoms with Crippen molar-refractivity contribution >= 4 is 17.5 Å². The van der Waals surface area contributed by atoms with Gasteiger partial charge in [0, 0.05) is 11.6 Å². The fourth-order valence-corrected chi connectivity index (χ4v) is 1.86. The van der Waals surface area contributed by atoms with E-state index in [0.717, 1.165) is 5.56 Å². The van der Waals surface area contributed by atoms with Crippen LogP contribution in [0, 0.1) is 11.3 Å². The van der Waals surface area contributed by atoms with Crippen molar-refractivity contribution in [1.29, 1.82) is 0 Å². The minimum absolute atomic E-state index is 0.0244. The van der Waals surface area contributed by atoms with Gasteiger partial charge in [0.15, 0.2) is 0 Å². The molecule has 0 fully saturated rings. The fourth-order valence-electron chi connectivity index (χ4n) is 1.73. The fraction of sp³-hybridized carbons (Fsp3) is 0.533. The van der Waals surface area contributed by atoms with Gasteiger partial charge in [-0.15, -0.1) is 0 Å². The highest BCUT2D eigenvalue weighted by molar-refractivity contribution is 6.30. The van der Waals surface area contributed by atoms with Crippen LogP contribution in [0.25, 0.3) is 0 Å². The summed E-state index contributed by atoms with van der Waals surface area (Å²) in [5.74, 6) is 0.266. The zero-order valence-electron chi connectivity index (χ0n) is 12.0. The van der Waals surface area contributed by atoms with Crippen LogP contribution in [-0.4, -0.2) is 12.5 Å². The first kappa shape index (κ1) is 16.0. The molecular weight excluding hydrogens is 260 g/mol. The average Bonchev–Trinajstić information content (AvgIpc) is 2.36. The standard InChI is InChI=1S/C15H23ClN2O/c1-10(2)13(11-5-7-12(16)8-6-11)18-14(19)15(3,4)9-17/h5-8,10,13H,9,17H2,1-4H3,(H,18,19). The van der Waals surface area contributed by atoms with Crippen LogP contribution in [0.5, 0.6) is 0 Å². The molecule has 1 aromatic rings. The number of amides is 1. The van der Waals surface area contributed by atoms with Gasteiger partial charge in [0.05, 0.1) is 11.5 Å². The number of hydrogen-bond acceptors (Lipinski definition) is 2. The third kappa shape index (κ3) is 4.22. The number of nitrogens with two attached hydrogens (primary N) is 1. The molecule has 0 bridgehead atoms. The van der Waals surface area contributed by atoms with E-state index in [0.29, 0.717) is 17.5 Å². The Morgan fingerprint density at radius 2 is 1.84 bits per heavy atom. The Hall–Kier alpha value is -1.06. The highest BCUT2D eigenvalue weighted by atomic mass is 35.5. The number of hydrogen-bond donors (Lipinski definition) is 2. The van der Waals surface area contributed by atoms with Gasteiger partial charge < -0.3 is 11.1 Å². The molecule has 0 saturated heterocycles. The summed E-state index contributed by atoms with van der Waals surface area (Å²) in [6.07, 6.45) is 0. The zero-order chi connectivity index (χ0) is 14.6. The lowest BCUT2D eigenvalue weighted by Gasteiger charge is -2.28. The van der Waals surface area contributed by atoms with Crippen molar-refractivity contribution < 1.29 is 4.79 Å². The second-order valence-corrected chi connectivity index (χ2v) is 6.27. The van der Waals surface area contributed by atoms with E-state index in [1.54, 1.807) is 0 Å². The van der Waals surface area contributed by atoms with Gasteiger partial charge in [-0.2, -0.15) is 0 Å². The lowest BCUT2D eigenvalue weighted by molar-refractivity contribution is -0.130. The van der Waals surface area contributed by atoms with Crippen molar-refractivity contribution in [1.82, 2.24) is 5.32 Å². The van der Waals surface area contributed by atoms with E-state index in [4.69, 9.17) is 17.3 Å². The van der Waals surface area contributed by atoms with Crippen molar-refractivity contribution in [3.63, 3.8) is 0 Å². The third-order valence-corrected chi connectivity index (χ3v) is 3.56. The first-order valence-corrected chi connectivity index (χ1v) is 6.92. The summed E-state index contributed by atoms with van der Waals surface area (Å²) in [5, 5.41) is 3.78. The van der Waals surface area contributed by atoms with Crippen LogP contribution in [0.4, 0.5) is 0 Å². The molecule has 1 amide bonds. The largest absolute Gasteiger partial charge is 0.349 e. The number of nitrogens with one attached hydrogen (secondary N) is 1. The summed E-state index contributed by atoms with van der Waals surface area (Å²) in [7, 11) is 0. The maximum Gasteiger partial charge on any atom is 0.227 e. The second kappa shape index (κ2) is 6.40. The molecule has 0 aromatic heterocycles. The molecule has 1 atom stereocenters. The van der Waals surface area contributed by atoms with Gasteiger partial charge in [-0.05, 0) is 37.5 Å². The lowest BCUT2D eigenvalue weighted by atomic mass is 9.90. The maximum atomic E-state index is 12.2. The van der Waals surface area contributed by atoms with Crippen LogP contribution < -0.4 is 11.1 Å². The third-order valence-electron chi connectivity index (χ3n) is 3.31. The van der Waals surface area contributed by atoms with E-state index in [1.807, 2.05) is 38.1 Å². The van der Waals surface area contributed by atoms with E-state index in [9.17, 15) is 4.79 Å². The Morgan fingerprint density at radius 1 is 1.32 bits per heavy atom. The normalized spacial score (nSPS) is 13.4. The monoisotopic (exact) mass is 282 g/mol. The number of carbonyl (C=O) groups excluding carboxylic acids is 1. The summed E-state index contributed by atoms with van der Waals surface area (Å²) in [6.45, 7) is 8.18. The second-order valence-electron chi connectivity index (χ2n) is 5.83. The molecule has 3 N–H and O–H groups in total. The zero-order valence-corrected chi connectivity index (χ0v) is 12.8. The molecular formula is C15H23ClN2O. The lowest BCUT2D eigenvalue weighted by Crippen LogP contribution is -2.44. The molecule has 0 radical (unpaired) electrons. The predicted octanol–water partition coefficient (Wildman–Crippen LogP) is 3.14. The molecule has 4 heteroatoms. The SMILES string of the molecule is CC(C)C(NC(=O)C(C)(C)CN)c1ccc(Cl)cc1. The molecule has 106 valence electrons. The summed E-state index contributed by atoms with van der Waals surface area (Å²) < 4.78 is 0. The van der Waals surface area contributed by atoms with E-state index in [1.165, 1.54) is 0 Å². The van der Waals surface area contributed by atoms with Crippen LogP contribution >= 0.6 is 11.6 Å². The van der Waals surface area contributed by atoms with Gasteiger partial charge in [-0.3, -0.25) is 4.79 Å². The molecule has 0 spiro atoms. The topological polar surface area (TPSA) is 55.1 Å². The first-order valence-electron chi connectivity index (χ1n) is 6.54. The highest BCUT2D eigenvalue weighted by Gasteiger charge is 2.29. The number of carbonyl (C=O) groups is 1. The van der Waals surface area contributed by atoms with Crippen molar-refractivity contribution in [3.05, 3.63) is 34.9 Å². The summed E-state index contributed by atoms with van der Waals surface area (Å²) >= 11 is 5.89. The van der Waals surface area contributed by atoms with Crippen LogP contribution in [0.2, 0.25) is 5.02 Å². The molecule has 3 nitrogen and oxygen atoms in total. The van der Waals surface area contributed by atoms with E-state index in [-0.39, 0.29) is 11.9 Å². The number of benzene rings is 1. The molecule has 0 aliphatic carbocycles. The average molecular weight is 283 g/mol. The van der Waals surface area contributed by atoms with E-state index < -0.39 is 5.41 Å². The summed E-state index contributed by atoms with van der Waals surface area (Å²) in [4.78, 5) is 12.2. The molecule has 0 aliphatic rings. The Kier molecular flexibility index (Phi) is 5.39. The van der Waals surface area contributed by atoms with Crippen molar-refractivity contribution in [2.75, 3.05) is 6.54 Å². The molecule has 0 saturated carbocycles. The summed E-state index contributed by atoms with van der Waals surface area (Å²) in [5.41, 5.74) is 6.14. The Morgan fingerprint density at radius 3 is 2.26 bits per heavy atom. The number of halogens is 1. The predicted molar refractivity (Wildman–Crippen MR) is 80.0 cm³/mol. The molecule has 19 heavy (non-hydrogen) atoms. The minimum Gasteiger partial charge on any atom is -0.349 e. The van der Waals surface area contributed by atoms with Crippen molar-refractivity contribution in [2.45, 2.75) is 33.7 Å². The van der Waals surface area contributed by atoms with Crippen molar-refractivity contribution in [3.8, 4) is 0 Å². The number of rotatable bonds is 5. The first-order chi connectivity index (χ1) is 8.77. The Bertz CT molecular complexity index is 426. The van der Waals surface area contributed by atoms with Gasteiger partial charge in [0.25, 0.3) is 0 Å². The Balaban J connectivity index is 2.91. The van der Waals surface area contributed by atoms with Crippen LogP contribution in [0.3, 0.4) is 0 Å². The van der Waals surface area contributed by atoms with Crippen LogP contribution in [0.15, 0.2) is 24.3 Å². The van der Waals surface area contributed by atoms with E-state index >= 15 is 0 Å². The van der Waals surface area contributed by atoms with Gasteiger partial charge in [0.1, 0.15) is 0 Å². The summed E-state index contributed by atoms with van der Waals surface area (Å²) in [6, 6.07) is 7.54. The van der Waals surface area contributed by atoms with Gasteiger partial charge >= 0.3 is 0 Å². The van der Waals surface area contributed by atoms with Crippen LogP contribution in [-0.2, 0) is 4.79 Å². The molecule has 1 aromatic carbocycles. The van der Waals surface area contributed by atoms with Gasteiger partial charge in [-0.1, -0.05) is 37.6 Å². The molecule has 1 rings (SSSR count).